The summed E-state index contributed by atoms with van der Waals surface area (Å²) >= 11 is 0. The van der Waals surface area contributed by atoms with Gasteiger partial charge in [0, 0.05) is 19.3 Å². The fourth-order valence-corrected chi connectivity index (χ4v) is 3.69. The van der Waals surface area contributed by atoms with Crippen LogP contribution in [0, 0.1) is 0 Å². The van der Waals surface area contributed by atoms with Gasteiger partial charge in [0.25, 0.3) is 5.56 Å². The van der Waals surface area contributed by atoms with E-state index in [2.05, 4.69) is 15.1 Å². The second kappa shape index (κ2) is 6.32. The molecule has 2 heterocycles. The standard InChI is InChI=1S/C16H19N5O3S/c1-11(10-25(3,23)24)20(2)16-18-14-13(15(22)19-16)9-17-21(14)12-7-5-4-6-8-12/h4-9,11H,10H2,1-3H3,(H,18,19,22). The number of sulfone groups is 1. The topological polar surface area (TPSA) is 101 Å². The van der Waals surface area contributed by atoms with Crippen molar-refractivity contribution >= 4 is 26.8 Å². The summed E-state index contributed by atoms with van der Waals surface area (Å²) in [6.45, 7) is 1.76. The summed E-state index contributed by atoms with van der Waals surface area (Å²) in [7, 11) is -1.45. The monoisotopic (exact) mass is 361 g/mol. The number of aromatic amines is 1. The van der Waals surface area contributed by atoms with E-state index >= 15 is 0 Å². The molecule has 1 N–H and O–H groups in total. The second-order valence-corrected chi connectivity index (χ2v) is 8.26. The molecular formula is C16H19N5O3S. The first-order chi connectivity index (χ1) is 11.8. The van der Waals surface area contributed by atoms with E-state index in [4.69, 9.17) is 0 Å². The van der Waals surface area contributed by atoms with Gasteiger partial charge in [-0.25, -0.2) is 13.1 Å². The van der Waals surface area contributed by atoms with Gasteiger partial charge in [-0.15, -0.1) is 0 Å². The number of para-hydroxylation sites is 1. The first-order valence-corrected chi connectivity index (χ1v) is 9.76. The summed E-state index contributed by atoms with van der Waals surface area (Å²) in [6, 6.07) is 9.02. The molecular weight excluding hydrogens is 342 g/mol. The quantitative estimate of drug-likeness (QED) is 0.727. The maximum Gasteiger partial charge on any atom is 0.263 e. The van der Waals surface area contributed by atoms with Crippen molar-refractivity contribution in [3.05, 3.63) is 46.9 Å². The Labute approximate surface area is 145 Å². The molecule has 0 saturated carbocycles. The number of aromatic nitrogens is 4. The van der Waals surface area contributed by atoms with Crippen LogP contribution in [-0.2, 0) is 9.84 Å². The Balaban J connectivity index is 2.08. The molecule has 1 aromatic carbocycles. The van der Waals surface area contributed by atoms with Crippen LogP contribution in [0.25, 0.3) is 16.7 Å². The lowest BCUT2D eigenvalue weighted by atomic mass is 10.3. The van der Waals surface area contributed by atoms with E-state index in [1.807, 2.05) is 30.3 Å². The van der Waals surface area contributed by atoms with Crippen LogP contribution >= 0.6 is 0 Å². The SMILES string of the molecule is CC(CS(C)(=O)=O)N(C)c1nc2c(cnn2-c2ccccc2)c(=O)[nH]1. The minimum Gasteiger partial charge on any atom is -0.342 e. The van der Waals surface area contributed by atoms with Crippen LogP contribution < -0.4 is 10.5 Å². The normalized spacial score (nSPS) is 13.1. The lowest BCUT2D eigenvalue weighted by Gasteiger charge is -2.24. The highest BCUT2D eigenvalue weighted by Crippen LogP contribution is 2.17. The van der Waals surface area contributed by atoms with Crippen molar-refractivity contribution in [3.8, 4) is 5.69 Å². The Kier molecular flexibility index (Phi) is 4.34. The Morgan fingerprint density at radius 2 is 1.96 bits per heavy atom. The van der Waals surface area contributed by atoms with Gasteiger partial charge in [-0.2, -0.15) is 10.1 Å². The summed E-state index contributed by atoms with van der Waals surface area (Å²) < 4.78 is 24.6. The molecule has 2 aromatic heterocycles. The molecule has 0 radical (unpaired) electrons. The van der Waals surface area contributed by atoms with Gasteiger partial charge < -0.3 is 4.90 Å². The largest absolute Gasteiger partial charge is 0.342 e. The fourth-order valence-electron chi connectivity index (χ4n) is 2.59. The van der Waals surface area contributed by atoms with E-state index < -0.39 is 9.84 Å². The molecule has 1 unspecified atom stereocenters. The van der Waals surface area contributed by atoms with Crippen LogP contribution in [0.3, 0.4) is 0 Å². The lowest BCUT2D eigenvalue weighted by Crippen LogP contribution is -2.36. The van der Waals surface area contributed by atoms with Gasteiger partial charge in [-0.1, -0.05) is 18.2 Å². The zero-order valence-corrected chi connectivity index (χ0v) is 15.0. The average molecular weight is 361 g/mol. The van der Waals surface area contributed by atoms with E-state index in [-0.39, 0.29) is 17.4 Å². The van der Waals surface area contributed by atoms with Crippen molar-refractivity contribution < 1.29 is 8.42 Å². The Morgan fingerprint density at radius 3 is 2.60 bits per heavy atom. The van der Waals surface area contributed by atoms with Crippen LogP contribution in [-0.4, -0.2) is 53.3 Å². The van der Waals surface area contributed by atoms with Gasteiger partial charge >= 0.3 is 0 Å². The Morgan fingerprint density at radius 1 is 1.28 bits per heavy atom. The van der Waals surface area contributed by atoms with Crippen LogP contribution in [0.5, 0.6) is 0 Å². The van der Waals surface area contributed by atoms with Crippen molar-refractivity contribution in [2.45, 2.75) is 13.0 Å². The molecule has 1 atom stereocenters. The molecule has 0 spiro atoms. The molecule has 8 nitrogen and oxygen atoms in total. The molecule has 0 amide bonds. The summed E-state index contributed by atoms with van der Waals surface area (Å²) in [5.74, 6) is 0.259. The number of nitrogens with zero attached hydrogens (tertiary/aromatic N) is 4. The number of hydrogen-bond donors (Lipinski definition) is 1. The van der Waals surface area contributed by atoms with E-state index in [1.54, 1.807) is 23.6 Å². The third-order valence-corrected chi connectivity index (χ3v) is 5.05. The molecule has 0 fully saturated rings. The number of rotatable bonds is 5. The summed E-state index contributed by atoms with van der Waals surface area (Å²) in [5, 5.41) is 4.62. The van der Waals surface area contributed by atoms with E-state index in [0.717, 1.165) is 5.69 Å². The molecule has 132 valence electrons. The van der Waals surface area contributed by atoms with Crippen molar-refractivity contribution in [3.63, 3.8) is 0 Å². The molecule has 25 heavy (non-hydrogen) atoms. The third kappa shape index (κ3) is 3.55. The van der Waals surface area contributed by atoms with E-state index in [9.17, 15) is 13.2 Å². The Hall–Kier alpha value is -2.68. The zero-order chi connectivity index (χ0) is 18.2. The number of benzene rings is 1. The van der Waals surface area contributed by atoms with E-state index in [1.165, 1.54) is 12.5 Å². The highest BCUT2D eigenvalue weighted by molar-refractivity contribution is 7.90. The average Bonchev–Trinajstić information content (AvgIpc) is 2.98. The Bertz CT molecular complexity index is 1060. The van der Waals surface area contributed by atoms with Crippen LogP contribution in [0.1, 0.15) is 6.92 Å². The number of fused-ring (bicyclic) bond motifs is 1. The molecule has 3 rings (SSSR count). The maximum absolute atomic E-state index is 12.4. The number of nitrogens with one attached hydrogen (secondary N) is 1. The van der Waals surface area contributed by atoms with Crippen LogP contribution in [0.4, 0.5) is 5.95 Å². The highest BCUT2D eigenvalue weighted by Gasteiger charge is 2.19. The first-order valence-electron chi connectivity index (χ1n) is 7.70. The van der Waals surface area contributed by atoms with Gasteiger partial charge in [0.2, 0.25) is 5.95 Å². The van der Waals surface area contributed by atoms with Gasteiger partial charge in [-0.3, -0.25) is 9.78 Å². The molecule has 0 aliphatic heterocycles. The summed E-state index contributed by atoms with van der Waals surface area (Å²) in [5.41, 5.74) is 0.886. The lowest BCUT2D eigenvalue weighted by molar-refractivity contribution is 0.592. The predicted octanol–water partition coefficient (Wildman–Crippen LogP) is 0.978. The highest BCUT2D eigenvalue weighted by atomic mass is 32.2. The zero-order valence-electron chi connectivity index (χ0n) is 14.2. The molecule has 0 saturated heterocycles. The molecule has 3 aromatic rings. The first kappa shape index (κ1) is 17.2. The fraction of sp³-hybridized carbons (Fsp3) is 0.312. The summed E-state index contributed by atoms with van der Waals surface area (Å²) in [6.07, 6.45) is 2.65. The van der Waals surface area contributed by atoms with Crippen molar-refractivity contribution in [1.82, 2.24) is 19.7 Å². The third-order valence-electron chi connectivity index (χ3n) is 3.97. The van der Waals surface area contributed by atoms with Crippen LogP contribution in [0.2, 0.25) is 0 Å². The number of hydrogen-bond acceptors (Lipinski definition) is 6. The second-order valence-electron chi connectivity index (χ2n) is 6.07. The van der Waals surface area contributed by atoms with Crippen molar-refractivity contribution in [2.75, 3.05) is 24.0 Å². The smallest absolute Gasteiger partial charge is 0.263 e. The van der Waals surface area contributed by atoms with Gasteiger partial charge in [0.1, 0.15) is 15.2 Å². The number of anilines is 1. The molecule has 0 aliphatic rings. The van der Waals surface area contributed by atoms with E-state index in [0.29, 0.717) is 17.0 Å². The maximum atomic E-state index is 12.4. The minimum absolute atomic E-state index is 0.0385. The number of H-pyrrole nitrogens is 1. The van der Waals surface area contributed by atoms with Crippen molar-refractivity contribution in [2.24, 2.45) is 0 Å². The van der Waals surface area contributed by atoms with Gasteiger partial charge in [-0.05, 0) is 19.1 Å². The minimum atomic E-state index is -3.15. The van der Waals surface area contributed by atoms with Crippen molar-refractivity contribution in [1.29, 1.82) is 0 Å². The molecule has 0 bridgehead atoms. The predicted molar refractivity (Wildman–Crippen MR) is 97.1 cm³/mol. The van der Waals surface area contributed by atoms with Gasteiger partial charge in [0.15, 0.2) is 5.65 Å². The molecule has 0 aliphatic carbocycles. The summed E-state index contributed by atoms with van der Waals surface area (Å²) in [4.78, 5) is 21.2. The molecule has 9 heteroatoms. The van der Waals surface area contributed by atoms with Crippen LogP contribution in [0.15, 0.2) is 41.3 Å². The van der Waals surface area contributed by atoms with Gasteiger partial charge in [0.05, 0.1) is 17.6 Å².